The van der Waals surface area contributed by atoms with Crippen molar-refractivity contribution >= 4 is 37.0 Å². The summed E-state index contributed by atoms with van der Waals surface area (Å²) in [6, 6.07) is 7.67. The molecule has 0 spiro atoms. The molecule has 220 valence electrons. The lowest BCUT2D eigenvalue weighted by Gasteiger charge is -2.36. The van der Waals surface area contributed by atoms with Crippen LogP contribution in [-0.4, -0.2) is 63.2 Å². The molecule has 0 radical (unpaired) electrons. The largest absolute Gasteiger partial charge is 0.446 e. The van der Waals surface area contributed by atoms with Crippen molar-refractivity contribution in [3.05, 3.63) is 43.0 Å². The summed E-state index contributed by atoms with van der Waals surface area (Å²) in [7, 11) is -3.86. The first-order valence-electron chi connectivity index (χ1n) is 14.1. The molecule has 1 aromatic carbocycles. The number of nitrogens with zero attached hydrogens (tertiary/aromatic N) is 1. The summed E-state index contributed by atoms with van der Waals surface area (Å²) in [6.07, 6.45) is 5.91. The van der Waals surface area contributed by atoms with E-state index in [-0.39, 0.29) is 23.4 Å². The van der Waals surface area contributed by atoms with Gasteiger partial charge in [0.05, 0.1) is 5.49 Å². The van der Waals surface area contributed by atoms with E-state index in [1.807, 2.05) is 51.1 Å². The van der Waals surface area contributed by atoms with E-state index in [1.165, 1.54) is 16.7 Å². The molecule has 1 unspecified atom stereocenters. The number of hydrogen-bond acceptors (Lipinski definition) is 6. The topological polar surface area (TPSA) is 125 Å². The van der Waals surface area contributed by atoms with Crippen molar-refractivity contribution < 1.29 is 28.6 Å². The third kappa shape index (κ3) is 6.77. The van der Waals surface area contributed by atoms with Gasteiger partial charge in [-0.15, -0.1) is 18.3 Å². The molecule has 1 heterocycles. The van der Waals surface area contributed by atoms with E-state index in [4.69, 9.17) is 4.74 Å². The number of likely N-dealkylation sites (tertiary alicyclic amines) is 1. The fourth-order valence-corrected chi connectivity index (χ4v) is 9.66. The van der Waals surface area contributed by atoms with E-state index in [0.717, 1.165) is 30.6 Å². The first-order chi connectivity index (χ1) is 18.9. The van der Waals surface area contributed by atoms with Gasteiger partial charge in [0.15, 0.2) is 0 Å². The fourth-order valence-electron chi connectivity index (χ4n) is 5.71. The number of hydrogen-bond donors (Lipinski definition) is 3. The van der Waals surface area contributed by atoms with Crippen molar-refractivity contribution in [1.82, 2.24) is 15.5 Å². The van der Waals surface area contributed by atoms with Crippen LogP contribution in [0.3, 0.4) is 0 Å². The summed E-state index contributed by atoms with van der Waals surface area (Å²) in [4.78, 5) is 53.6. The molecule has 4 rings (SSSR count). The number of amides is 3. The van der Waals surface area contributed by atoms with Gasteiger partial charge in [-0.05, 0) is 62.5 Å². The minimum Gasteiger partial charge on any atom is -0.446 e. The Morgan fingerprint density at radius 1 is 1.20 bits per heavy atom. The third-order valence-corrected chi connectivity index (χ3v) is 12.6. The number of ether oxygens (including phenoxy) is 1. The lowest BCUT2D eigenvalue weighted by Crippen LogP contribution is -2.58. The van der Waals surface area contributed by atoms with Crippen LogP contribution in [-0.2, 0) is 18.9 Å². The van der Waals surface area contributed by atoms with Gasteiger partial charge in [-0.3, -0.25) is 14.2 Å². The van der Waals surface area contributed by atoms with Crippen molar-refractivity contribution in [3.63, 3.8) is 0 Å². The van der Waals surface area contributed by atoms with Crippen LogP contribution in [0, 0.1) is 11.3 Å². The molecule has 5 atom stereocenters. The van der Waals surface area contributed by atoms with Gasteiger partial charge in [0, 0.05) is 17.4 Å². The summed E-state index contributed by atoms with van der Waals surface area (Å²) in [5.74, 6) is -1.13. The second-order valence-corrected chi connectivity index (χ2v) is 16.2. The highest BCUT2D eigenvalue weighted by molar-refractivity contribution is 8.05. The first kappa shape index (κ1) is 30.7. The van der Waals surface area contributed by atoms with E-state index in [9.17, 15) is 23.8 Å². The number of carbonyl (C=O) groups is 3. The monoisotopic (exact) mass is 591 g/mol. The predicted molar refractivity (Wildman–Crippen MR) is 156 cm³/mol. The number of benzene rings is 1. The van der Waals surface area contributed by atoms with Crippen LogP contribution < -0.4 is 10.6 Å². The van der Waals surface area contributed by atoms with Gasteiger partial charge in [-0.1, -0.05) is 45.0 Å². The van der Waals surface area contributed by atoms with Gasteiger partial charge in [-0.25, -0.2) is 4.79 Å². The summed E-state index contributed by atoms with van der Waals surface area (Å²) >= 11 is 1.28. The van der Waals surface area contributed by atoms with E-state index >= 15 is 0 Å². The van der Waals surface area contributed by atoms with Crippen molar-refractivity contribution in [2.24, 2.45) is 11.3 Å². The molecule has 2 saturated carbocycles. The number of rotatable bonds is 10. The quantitative estimate of drug-likeness (QED) is 0.196. The summed E-state index contributed by atoms with van der Waals surface area (Å²) < 4.78 is 19.2. The molecule has 9 nitrogen and oxygen atoms in total. The summed E-state index contributed by atoms with van der Waals surface area (Å²) in [5.41, 5.74) is -0.676. The third-order valence-electron chi connectivity index (χ3n) is 8.17. The van der Waals surface area contributed by atoms with Crippen LogP contribution in [0.15, 0.2) is 47.9 Å². The molecule has 3 amide bonds. The number of nitrogens with one attached hydrogen (secondary N) is 2. The Kier molecular flexibility index (Phi) is 9.42. The zero-order valence-electron chi connectivity index (χ0n) is 23.6. The summed E-state index contributed by atoms with van der Waals surface area (Å²) in [6.45, 7) is 9.74. The predicted octanol–water partition coefficient (Wildman–Crippen LogP) is 5.10. The second-order valence-electron chi connectivity index (χ2n) is 12.2. The van der Waals surface area contributed by atoms with E-state index in [0.29, 0.717) is 25.8 Å². The molecule has 1 saturated heterocycles. The van der Waals surface area contributed by atoms with E-state index in [1.54, 1.807) is 6.08 Å². The smallest absolute Gasteiger partial charge is 0.408 e. The van der Waals surface area contributed by atoms with Gasteiger partial charge in [0.2, 0.25) is 19.2 Å². The molecule has 40 heavy (non-hydrogen) atoms. The van der Waals surface area contributed by atoms with Gasteiger partial charge in [-0.2, -0.15) is 0 Å². The SMILES string of the molecule is C=C[C@@H]1C[C@]1(NC(=O)[C@@H]1CCCN1C(=O)[C@@H](NC(=O)OC1CCCC1)C(C)(C)C)P(=O)(O)CSc1ccccc1. The van der Waals surface area contributed by atoms with Crippen molar-refractivity contribution in [2.75, 3.05) is 12.0 Å². The zero-order valence-corrected chi connectivity index (χ0v) is 25.3. The highest BCUT2D eigenvalue weighted by Crippen LogP contribution is 2.70. The fraction of sp³-hybridized carbons (Fsp3) is 0.621. The molecule has 1 aliphatic heterocycles. The van der Waals surface area contributed by atoms with Crippen LogP contribution in [0.1, 0.15) is 65.7 Å². The minimum atomic E-state index is -3.86. The maximum Gasteiger partial charge on any atom is 0.408 e. The van der Waals surface area contributed by atoms with E-state index < -0.39 is 42.1 Å². The molecule has 11 heteroatoms. The molecule has 3 fully saturated rings. The minimum absolute atomic E-state index is 0.0476. The standard InChI is InChI=1S/C29H42N3O6PS/c1-5-20-18-29(20,39(36,37)19-40-22-14-7-6-8-15-22)31-25(33)23-16-11-17-32(23)26(34)24(28(2,3)4)30-27(35)38-21-12-9-10-13-21/h5-8,14-15,20-21,23-24H,1,9-13,16-19H2,2-4H3,(H,30,35)(H,31,33)(H,36,37)/t20-,23+,24-,29+/m1/s1. The second kappa shape index (κ2) is 12.3. The first-order valence-corrected chi connectivity index (χ1v) is 16.9. The number of thioether (sulfide) groups is 1. The molecule has 0 aromatic heterocycles. The molecule has 3 aliphatic rings. The highest BCUT2D eigenvalue weighted by atomic mass is 32.2. The van der Waals surface area contributed by atoms with Gasteiger partial charge >= 0.3 is 6.09 Å². The summed E-state index contributed by atoms with van der Waals surface area (Å²) in [5, 5.41) is 4.37. The van der Waals surface area contributed by atoms with Crippen LogP contribution in [0.4, 0.5) is 4.79 Å². The lowest BCUT2D eigenvalue weighted by atomic mass is 9.85. The lowest BCUT2D eigenvalue weighted by molar-refractivity contribution is -0.142. The Balaban J connectivity index is 1.45. The highest BCUT2D eigenvalue weighted by Gasteiger charge is 2.65. The normalized spacial score (nSPS) is 26.9. The Hall–Kier alpha value is -2.29. The van der Waals surface area contributed by atoms with Gasteiger partial charge < -0.3 is 25.2 Å². The van der Waals surface area contributed by atoms with Crippen LogP contribution in [0.5, 0.6) is 0 Å². The van der Waals surface area contributed by atoms with Gasteiger partial charge in [0.25, 0.3) is 0 Å². The van der Waals surface area contributed by atoms with Crippen LogP contribution in [0.2, 0.25) is 0 Å². The van der Waals surface area contributed by atoms with Gasteiger partial charge in [0.1, 0.15) is 23.5 Å². The van der Waals surface area contributed by atoms with Crippen LogP contribution in [0.25, 0.3) is 0 Å². The molecule has 0 bridgehead atoms. The Morgan fingerprint density at radius 2 is 1.88 bits per heavy atom. The Labute approximate surface area is 241 Å². The maximum atomic E-state index is 13.8. The average Bonchev–Trinajstić information content (AvgIpc) is 3.24. The molecule has 2 aliphatic carbocycles. The molecular formula is C29H42N3O6PS. The number of carbonyl (C=O) groups excluding carboxylic acids is 3. The zero-order chi connectivity index (χ0) is 29.1. The molecule has 1 aromatic rings. The van der Waals surface area contributed by atoms with E-state index in [2.05, 4.69) is 17.2 Å². The average molecular weight is 592 g/mol. The van der Waals surface area contributed by atoms with Crippen molar-refractivity contribution in [1.29, 1.82) is 0 Å². The van der Waals surface area contributed by atoms with Crippen molar-refractivity contribution in [2.45, 2.75) is 94.1 Å². The number of alkyl carbamates (subject to hydrolysis) is 1. The Morgan fingerprint density at radius 3 is 2.48 bits per heavy atom. The maximum absolute atomic E-state index is 13.8. The molecular weight excluding hydrogens is 549 g/mol. The van der Waals surface area contributed by atoms with Crippen molar-refractivity contribution in [3.8, 4) is 0 Å². The van der Waals surface area contributed by atoms with Crippen LogP contribution >= 0.6 is 19.1 Å². The molecule has 3 N–H and O–H groups in total. The Bertz CT molecular complexity index is 1150.